The number of carboxylic acids is 3. The summed E-state index contributed by atoms with van der Waals surface area (Å²) in [5, 5.41) is 28.4. The first-order valence-corrected chi connectivity index (χ1v) is 13.4. The molecule has 0 saturated carbocycles. The van der Waals surface area contributed by atoms with Crippen LogP contribution in [-0.2, 0) is 35.1 Å². The quantitative estimate of drug-likeness (QED) is 0.247. The minimum Gasteiger partial charge on any atom is -0.480 e. The Kier molecular flexibility index (Phi) is 9.73. The first-order valence-electron chi connectivity index (χ1n) is 13.4. The van der Waals surface area contributed by atoms with Crippen molar-refractivity contribution in [3.8, 4) is 11.5 Å². The Morgan fingerprint density at radius 2 is 1.53 bits per heavy atom. The maximum absolute atomic E-state index is 13.6. The summed E-state index contributed by atoms with van der Waals surface area (Å²) in [6.45, 7) is 0.170. The van der Waals surface area contributed by atoms with Crippen LogP contribution in [0.4, 0.5) is 4.39 Å². The van der Waals surface area contributed by atoms with Crippen LogP contribution < -0.4 is 4.74 Å². The molecule has 0 bridgehead atoms. The second-order valence-electron chi connectivity index (χ2n) is 10.0. The Bertz CT molecular complexity index is 1430. The SMILES string of the molecule is CC(C(CCc1ccc(F)cc1)c1ccc(Oc2ccccc2)cc1)N(CC(=O)O)C(=O)C1COC(C(=O)O)(C(=O)O)O1. The second kappa shape index (κ2) is 13.4. The molecule has 0 radical (unpaired) electrons. The van der Waals surface area contributed by atoms with Gasteiger partial charge in [0.05, 0.1) is 6.61 Å². The van der Waals surface area contributed by atoms with Crippen molar-refractivity contribution in [2.24, 2.45) is 0 Å². The van der Waals surface area contributed by atoms with Gasteiger partial charge < -0.3 is 34.4 Å². The first kappa shape index (κ1) is 31.1. The van der Waals surface area contributed by atoms with E-state index in [1.165, 1.54) is 12.1 Å². The summed E-state index contributed by atoms with van der Waals surface area (Å²) in [4.78, 5) is 49.7. The van der Waals surface area contributed by atoms with Gasteiger partial charge in [0, 0.05) is 12.0 Å². The molecule has 0 aromatic heterocycles. The lowest BCUT2D eigenvalue weighted by atomic mass is 9.85. The number of aliphatic carboxylic acids is 3. The van der Waals surface area contributed by atoms with Crippen molar-refractivity contribution in [2.75, 3.05) is 13.2 Å². The van der Waals surface area contributed by atoms with E-state index in [-0.39, 0.29) is 0 Å². The molecule has 11 nitrogen and oxygen atoms in total. The highest BCUT2D eigenvalue weighted by molar-refractivity contribution is 6.01. The van der Waals surface area contributed by atoms with Gasteiger partial charge in [-0.2, -0.15) is 0 Å². The van der Waals surface area contributed by atoms with Crippen molar-refractivity contribution in [1.29, 1.82) is 0 Å². The number of rotatable bonds is 13. The maximum atomic E-state index is 13.6. The minimum atomic E-state index is -3.09. The number of benzene rings is 3. The fraction of sp³-hybridized carbons (Fsp3) is 0.290. The molecule has 3 N–H and O–H groups in total. The topological polar surface area (TPSA) is 160 Å². The first-order chi connectivity index (χ1) is 20.5. The van der Waals surface area contributed by atoms with Crippen LogP contribution in [0.25, 0.3) is 0 Å². The average molecular weight is 596 g/mol. The van der Waals surface area contributed by atoms with Crippen LogP contribution in [-0.4, -0.2) is 75.1 Å². The van der Waals surface area contributed by atoms with Crippen molar-refractivity contribution >= 4 is 23.8 Å². The van der Waals surface area contributed by atoms with Crippen molar-refractivity contribution in [2.45, 2.75) is 43.6 Å². The van der Waals surface area contributed by atoms with Crippen LogP contribution in [0, 0.1) is 5.82 Å². The highest BCUT2D eigenvalue weighted by atomic mass is 19.1. The molecule has 1 amide bonds. The standard InChI is InChI=1S/C31H30FNO10/c1-19(33(17-27(34)35)28(36)26-18-41-31(43-26,29(37)38)30(39)40)25(16-9-20-7-12-22(32)13-8-20)21-10-14-24(15-11-21)42-23-5-3-2-4-6-23/h2-8,10-15,19,25-26H,9,16-18H2,1H3,(H,34,35)(H,37,38)(H,39,40). The van der Waals surface area contributed by atoms with E-state index in [1.807, 2.05) is 18.2 Å². The molecule has 43 heavy (non-hydrogen) atoms. The van der Waals surface area contributed by atoms with Crippen molar-refractivity contribution in [1.82, 2.24) is 4.90 Å². The number of hydrogen-bond donors (Lipinski definition) is 3. The number of carbonyl (C=O) groups excluding carboxylic acids is 1. The molecule has 0 aliphatic carbocycles. The predicted molar refractivity (Wildman–Crippen MR) is 148 cm³/mol. The molecule has 1 heterocycles. The normalized spacial score (nSPS) is 17.0. The summed E-state index contributed by atoms with van der Waals surface area (Å²) in [6, 6.07) is 21.3. The molecule has 12 heteroatoms. The summed E-state index contributed by atoms with van der Waals surface area (Å²) in [6.07, 6.45) is -0.810. The van der Waals surface area contributed by atoms with Crippen molar-refractivity contribution in [3.63, 3.8) is 0 Å². The molecule has 1 aliphatic rings. The largest absolute Gasteiger partial charge is 0.480 e. The molecule has 3 aromatic rings. The highest BCUT2D eigenvalue weighted by Gasteiger charge is 2.58. The summed E-state index contributed by atoms with van der Waals surface area (Å²) < 4.78 is 29.3. The average Bonchev–Trinajstić information content (AvgIpc) is 3.45. The van der Waals surface area contributed by atoms with E-state index < -0.39 is 66.6 Å². The van der Waals surface area contributed by atoms with E-state index in [4.69, 9.17) is 14.2 Å². The Morgan fingerprint density at radius 1 is 0.930 bits per heavy atom. The number of halogens is 1. The van der Waals surface area contributed by atoms with E-state index in [9.17, 15) is 38.9 Å². The number of amides is 1. The number of nitrogens with zero attached hydrogens (tertiary/aromatic N) is 1. The molecular weight excluding hydrogens is 565 g/mol. The zero-order valence-corrected chi connectivity index (χ0v) is 23.1. The lowest BCUT2D eigenvalue weighted by molar-refractivity contribution is -0.218. The van der Waals surface area contributed by atoms with Gasteiger partial charge in [-0.05, 0) is 67.3 Å². The van der Waals surface area contributed by atoms with Gasteiger partial charge in [0.25, 0.3) is 5.91 Å². The molecule has 3 aromatic carbocycles. The fourth-order valence-corrected chi connectivity index (χ4v) is 4.94. The van der Waals surface area contributed by atoms with Gasteiger partial charge in [-0.15, -0.1) is 0 Å². The lowest BCUT2D eigenvalue weighted by Gasteiger charge is -2.35. The Morgan fingerprint density at radius 3 is 2.09 bits per heavy atom. The van der Waals surface area contributed by atoms with E-state index in [2.05, 4.69) is 0 Å². The zero-order valence-electron chi connectivity index (χ0n) is 23.1. The van der Waals surface area contributed by atoms with Crippen LogP contribution >= 0.6 is 0 Å². The van der Waals surface area contributed by atoms with Gasteiger partial charge in [-0.25, -0.2) is 14.0 Å². The predicted octanol–water partition coefficient (Wildman–Crippen LogP) is 3.92. The number of aryl methyl sites for hydroxylation is 1. The summed E-state index contributed by atoms with van der Waals surface area (Å²) in [5.41, 5.74) is 1.56. The molecule has 4 rings (SSSR count). The Labute approximate surface area is 246 Å². The number of carboxylic acid groups (broad SMARTS) is 3. The van der Waals surface area contributed by atoms with Crippen LogP contribution in [0.5, 0.6) is 11.5 Å². The van der Waals surface area contributed by atoms with E-state index in [0.29, 0.717) is 24.3 Å². The molecule has 0 spiro atoms. The van der Waals surface area contributed by atoms with Gasteiger partial charge in [-0.3, -0.25) is 9.59 Å². The van der Waals surface area contributed by atoms with E-state index in [0.717, 1.165) is 16.0 Å². The smallest absolute Gasteiger partial charge is 0.377 e. The Balaban J connectivity index is 1.62. The van der Waals surface area contributed by atoms with Crippen LogP contribution in [0.15, 0.2) is 78.9 Å². The molecule has 1 fully saturated rings. The van der Waals surface area contributed by atoms with Gasteiger partial charge in [0.1, 0.15) is 23.9 Å². The number of carbonyl (C=O) groups is 4. The lowest BCUT2D eigenvalue weighted by Crippen LogP contribution is -2.52. The molecule has 3 atom stereocenters. The molecule has 1 aliphatic heterocycles. The Hall–Kier alpha value is -4.81. The number of ether oxygens (including phenoxy) is 3. The zero-order chi connectivity index (χ0) is 31.1. The number of hydrogen-bond acceptors (Lipinski definition) is 7. The van der Waals surface area contributed by atoms with E-state index >= 15 is 0 Å². The summed E-state index contributed by atoms with van der Waals surface area (Å²) >= 11 is 0. The van der Waals surface area contributed by atoms with Gasteiger partial charge >= 0.3 is 23.7 Å². The molecule has 226 valence electrons. The summed E-state index contributed by atoms with van der Waals surface area (Å²) in [7, 11) is 0. The van der Waals surface area contributed by atoms with Crippen LogP contribution in [0.2, 0.25) is 0 Å². The van der Waals surface area contributed by atoms with E-state index in [1.54, 1.807) is 55.5 Å². The molecule has 3 unspecified atom stereocenters. The van der Waals surface area contributed by atoms with Crippen LogP contribution in [0.3, 0.4) is 0 Å². The molecular formula is C31H30FNO10. The third-order valence-electron chi connectivity index (χ3n) is 7.19. The van der Waals surface area contributed by atoms with Crippen molar-refractivity contribution < 1.29 is 53.1 Å². The highest BCUT2D eigenvalue weighted by Crippen LogP contribution is 2.33. The number of para-hydroxylation sites is 1. The molecule has 1 saturated heterocycles. The van der Waals surface area contributed by atoms with Gasteiger partial charge in [-0.1, -0.05) is 42.5 Å². The van der Waals surface area contributed by atoms with Crippen LogP contribution in [0.1, 0.15) is 30.4 Å². The van der Waals surface area contributed by atoms with Gasteiger partial charge in [0.2, 0.25) is 0 Å². The fourth-order valence-electron chi connectivity index (χ4n) is 4.94. The summed E-state index contributed by atoms with van der Waals surface area (Å²) in [5.74, 6) is -8.95. The van der Waals surface area contributed by atoms with Gasteiger partial charge in [0.15, 0.2) is 6.10 Å². The minimum absolute atomic E-state index is 0.390. The monoisotopic (exact) mass is 595 g/mol. The third-order valence-corrected chi connectivity index (χ3v) is 7.19. The maximum Gasteiger partial charge on any atom is 0.377 e. The third kappa shape index (κ3) is 7.34. The van der Waals surface area contributed by atoms with Crippen molar-refractivity contribution in [3.05, 3.63) is 95.8 Å². The second-order valence-corrected chi connectivity index (χ2v) is 10.0.